The van der Waals surface area contributed by atoms with Crippen molar-refractivity contribution in [3.63, 3.8) is 0 Å². The van der Waals surface area contributed by atoms with Gasteiger partial charge in [0, 0.05) is 51.5 Å². The number of hydrogen-bond acceptors (Lipinski definition) is 7. The minimum Gasteiger partial charge on any atom is -0.493 e. The molecule has 53 heavy (non-hydrogen) atoms. The third kappa shape index (κ3) is 12.9. The second-order valence-corrected chi connectivity index (χ2v) is 16.5. The summed E-state index contributed by atoms with van der Waals surface area (Å²) < 4.78 is 11.7. The van der Waals surface area contributed by atoms with Gasteiger partial charge in [-0.15, -0.1) is 0 Å². The van der Waals surface area contributed by atoms with E-state index in [1.165, 1.54) is 5.56 Å². The standard InChI is InChI=1S/C44H62N4O5/c1-31(2)27-47-22-14-21-46(28-34-15-11-10-12-16-34)23-24-48(42(50)41(49)45-40(33(5)6)43(51)53-44(7,8)9)29-37-20-19-36(26-39(37)47)35-17-13-18-38(25-35)52-30-32(3)4/h10-13,15-20,25-26,31-33,40H,14,21-24,27-30H2,1-9H3,(H,45,49). The molecule has 0 fully saturated rings. The molecular formula is C44H62N4O5. The molecule has 2 amide bonds. The average molecular weight is 727 g/mol. The lowest BCUT2D eigenvalue weighted by Crippen LogP contribution is -2.53. The lowest BCUT2D eigenvalue weighted by molar-refractivity contribution is -0.160. The minimum atomic E-state index is -0.958. The van der Waals surface area contributed by atoms with Crippen LogP contribution in [0, 0.1) is 17.8 Å². The van der Waals surface area contributed by atoms with Gasteiger partial charge in [-0.1, -0.05) is 96.1 Å². The molecule has 0 radical (unpaired) electrons. The van der Waals surface area contributed by atoms with Crippen molar-refractivity contribution < 1.29 is 23.9 Å². The van der Waals surface area contributed by atoms with Crippen LogP contribution in [0.3, 0.4) is 0 Å². The second-order valence-electron chi connectivity index (χ2n) is 16.5. The molecule has 3 aromatic carbocycles. The van der Waals surface area contributed by atoms with Crippen LogP contribution in [0.15, 0.2) is 72.8 Å². The van der Waals surface area contributed by atoms with Gasteiger partial charge in [-0.3, -0.25) is 14.5 Å². The third-order valence-electron chi connectivity index (χ3n) is 9.06. The Hall–Kier alpha value is -4.37. The number of carbonyl (C=O) groups excluding carboxylic acids is 3. The summed E-state index contributed by atoms with van der Waals surface area (Å²) in [4.78, 5) is 47.5. The van der Waals surface area contributed by atoms with E-state index in [1.807, 2.05) is 44.2 Å². The van der Waals surface area contributed by atoms with Crippen molar-refractivity contribution in [3.05, 3.63) is 83.9 Å². The highest BCUT2D eigenvalue weighted by atomic mass is 16.6. The Balaban J connectivity index is 1.72. The lowest BCUT2D eigenvalue weighted by atomic mass is 10.00. The molecule has 4 rings (SSSR count). The van der Waals surface area contributed by atoms with E-state index in [9.17, 15) is 14.4 Å². The Labute approximate surface area is 318 Å². The van der Waals surface area contributed by atoms with Crippen molar-refractivity contribution in [3.8, 4) is 16.9 Å². The van der Waals surface area contributed by atoms with E-state index in [1.54, 1.807) is 25.7 Å². The Kier molecular flexibility index (Phi) is 14.9. The van der Waals surface area contributed by atoms with E-state index in [0.29, 0.717) is 31.5 Å². The number of benzene rings is 3. The van der Waals surface area contributed by atoms with Crippen LogP contribution in [0.25, 0.3) is 11.1 Å². The maximum Gasteiger partial charge on any atom is 0.329 e. The van der Waals surface area contributed by atoms with Gasteiger partial charge in [-0.25, -0.2) is 4.79 Å². The van der Waals surface area contributed by atoms with Crippen LogP contribution < -0.4 is 15.0 Å². The number of carbonyl (C=O) groups is 3. The van der Waals surface area contributed by atoms with Gasteiger partial charge in [0.2, 0.25) is 0 Å². The van der Waals surface area contributed by atoms with Crippen molar-refractivity contribution in [1.82, 2.24) is 15.1 Å². The maximum atomic E-state index is 14.2. The number of anilines is 1. The van der Waals surface area contributed by atoms with Crippen molar-refractivity contribution in [2.75, 3.05) is 44.2 Å². The molecule has 0 aromatic heterocycles. The number of nitrogens with one attached hydrogen (secondary N) is 1. The third-order valence-corrected chi connectivity index (χ3v) is 9.06. The zero-order valence-electron chi connectivity index (χ0n) is 33.5. The number of fused-ring (bicyclic) bond motifs is 1. The van der Waals surface area contributed by atoms with Gasteiger partial charge in [-0.2, -0.15) is 0 Å². The van der Waals surface area contributed by atoms with Crippen molar-refractivity contribution in [2.24, 2.45) is 17.8 Å². The number of rotatable bonds is 11. The first kappa shape index (κ1) is 41.4. The summed E-state index contributed by atoms with van der Waals surface area (Å²) in [6.45, 7) is 22.8. The summed E-state index contributed by atoms with van der Waals surface area (Å²) in [6.07, 6.45) is 0.933. The fraction of sp³-hybridized carbons (Fsp3) is 0.523. The second kappa shape index (κ2) is 19.1. The van der Waals surface area contributed by atoms with Gasteiger partial charge in [0.1, 0.15) is 17.4 Å². The smallest absolute Gasteiger partial charge is 0.329 e. The fourth-order valence-electron chi connectivity index (χ4n) is 6.48. The largest absolute Gasteiger partial charge is 0.493 e. The first-order chi connectivity index (χ1) is 25.1. The molecule has 1 heterocycles. The minimum absolute atomic E-state index is 0.242. The monoisotopic (exact) mass is 726 g/mol. The lowest BCUT2D eigenvalue weighted by Gasteiger charge is -2.31. The topological polar surface area (TPSA) is 91.4 Å². The summed E-state index contributed by atoms with van der Waals surface area (Å²) >= 11 is 0. The summed E-state index contributed by atoms with van der Waals surface area (Å²) in [5, 5.41) is 2.73. The first-order valence-electron chi connectivity index (χ1n) is 19.3. The summed E-state index contributed by atoms with van der Waals surface area (Å²) in [5.74, 6) is -0.660. The molecular weight excluding hydrogens is 665 g/mol. The van der Waals surface area contributed by atoms with Gasteiger partial charge in [-0.05, 0) is 85.4 Å². The number of ether oxygens (including phenoxy) is 2. The SMILES string of the molecule is CC(C)COc1cccc(-c2ccc3c(c2)N(CC(C)C)CCCN(Cc2ccccc2)CCN(C(=O)C(=O)NC(C(=O)OC(C)(C)C)C(C)C)C3)c1. The highest BCUT2D eigenvalue weighted by Crippen LogP contribution is 2.32. The van der Waals surface area contributed by atoms with Crippen molar-refractivity contribution >= 4 is 23.5 Å². The summed E-state index contributed by atoms with van der Waals surface area (Å²) in [7, 11) is 0. The summed E-state index contributed by atoms with van der Waals surface area (Å²) in [5.41, 5.74) is 4.59. The van der Waals surface area contributed by atoms with Crippen LogP contribution >= 0.6 is 0 Å². The molecule has 288 valence electrons. The molecule has 0 aliphatic carbocycles. The van der Waals surface area contributed by atoms with Crippen molar-refractivity contribution in [2.45, 2.75) is 93.5 Å². The van der Waals surface area contributed by atoms with Gasteiger partial charge < -0.3 is 24.6 Å². The molecule has 3 aromatic rings. The molecule has 1 aliphatic heterocycles. The number of amides is 2. The summed E-state index contributed by atoms with van der Waals surface area (Å²) in [6, 6.07) is 24.0. The Morgan fingerprint density at radius 3 is 2.17 bits per heavy atom. The van der Waals surface area contributed by atoms with Crippen LogP contribution in [0.5, 0.6) is 5.75 Å². The molecule has 1 atom stereocenters. The van der Waals surface area contributed by atoms with E-state index >= 15 is 0 Å². The molecule has 0 bridgehead atoms. The Bertz CT molecular complexity index is 1650. The molecule has 0 saturated carbocycles. The van der Waals surface area contributed by atoms with E-state index in [-0.39, 0.29) is 12.5 Å². The Morgan fingerprint density at radius 1 is 0.792 bits per heavy atom. The van der Waals surface area contributed by atoms with Crippen LogP contribution in [-0.2, 0) is 32.2 Å². The van der Waals surface area contributed by atoms with E-state index in [2.05, 4.69) is 85.3 Å². The van der Waals surface area contributed by atoms with Gasteiger partial charge >= 0.3 is 17.8 Å². The highest BCUT2D eigenvalue weighted by Gasteiger charge is 2.33. The van der Waals surface area contributed by atoms with Crippen LogP contribution in [0.2, 0.25) is 0 Å². The highest BCUT2D eigenvalue weighted by molar-refractivity contribution is 6.35. The number of esters is 1. The molecule has 0 spiro atoms. The molecule has 9 heteroatoms. The van der Waals surface area contributed by atoms with Crippen LogP contribution in [0.4, 0.5) is 5.69 Å². The Morgan fingerprint density at radius 2 is 1.51 bits per heavy atom. The normalized spacial score (nSPS) is 15.2. The quantitative estimate of drug-likeness (QED) is 0.161. The predicted octanol–water partition coefficient (Wildman–Crippen LogP) is 7.57. The molecule has 1 unspecified atom stereocenters. The fourth-order valence-corrected chi connectivity index (χ4v) is 6.48. The number of hydrogen-bond donors (Lipinski definition) is 1. The van der Waals surface area contributed by atoms with E-state index < -0.39 is 29.4 Å². The van der Waals surface area contributed by atoms with Crippen molar-refractivity contribution in [1.29, 1.82) is 0 Å². The zero-order chi connectivity index (χ0) is 38.7. The molecule has 1 aliphatic rings. The molecule has 0 saturated heterocycles. The van der Waals surface area contributed by atoms with Crippen LogP contribution in [0.1, 0.15) is 79.9 Å². The predicted molar refractivity (Wildman–Crippen MR) is 214 cm³/mol. The zero-order valence-corrected chi connectivity index (χ0v) is 33.5. The first-order valence-corrected chi connectivity index (χ1v) is 19.3. The van der Waals surface area contributed by atoms with E-state index in [0.717, 1.165) is 60.7 Å². The average Bonchev–Trinajstić information content (AvgIpc) is 3.12. The maximum absolute atomic E-state index is 14.2. The van der Waals surface area contributed by atoms with Crippen LogP contribution in [-0.4, -0.2) is 78.6 Å². The van der Waals surface area contributed by atoms with Gasteiger partial charge in [0.05, 0.1) is 6.61 Å². The van der Waals surface area contributed by atoms with E-state index in [4.69, 9.17) is 9.47 Å². The van der Waals surface area contributed by atoms with Gasteiger partial charge in [0.25, 0.3) is 0 Å². The number of nitrogens with zero attached hydrogens (tertiary/aromatic N) is 3. The molecule has 9 nitrogen and oxygen atoms in total. The molecule has 1 N–H and O–H groups in total. The van der Waals surface area contributed by atoms with Gasteiger partial charge in [0.15, 0.2) is 0 Å².